The second-order valence-corrected chi connectivity index (χ2v) is 5.35. The number of hydrogen-bond acceptors (Lipinski definition) is 2. The Morgan fingerprint density at radius 2 is 2.06 bits per heavy atom. The quantitative estimate of drug-likeness (QED) is 0.694. The molecule has 3 unspecified atom stereocenters. The van der Waals surface area contributed by atoms with E-state index in [0.717, 1.165) is 19.6 Å². The molecule has 3 atom stereocenters. The van der Waals surface area contributed by atoms with Gasteiger partial charge in [0.1, 0.15) is 0 Å². The highest BCUT2D eigenvalue weighted by Gasteiger charge is 2.41. The van der Waals surface area contributed by atoms with Crippen molar-refractivity contribution in [1.82, 2.24) is 15.5 Å². The monoisotopic (exact) mass is 223 g/mol. The molecule has 0 aromatic heterocycles. The molecule has 0 aromatic carbocycles. The molecule has 2 N–H and O–H groups in total. The van der Waals surface area contributed by atoms with Crippen LogP contribution in [0.15, 0.2) is 0 Å². The molecule has 4 heteroatoms. The Morgan fingerprint density at radius 1 is 1.12 bits per heavy atom. The number of rotatable bonds is 1. The molecular weight excluding hydrogens is 202 g/mol. The molecule has 3 aliphatic rings. The van der Waals surface area contributed by atoms with E-state index in [2.05, 4.69) is 15.5 Å². The van der Waals surface area contributed by atoms with Crippen LogP contribution in [0.4, 0.5) is 4.79 Å². The highest BCUT2D eigenvalue weighted by atomic mass is 16.2. The van der Waals surface area contributed by atoms with E-state index >= 15 is 0 Å². The van der Waals surface area contributed by atoms with Crippen LogP contribution in [0.1, 0.15) is 32.1 Å². The van der Waals surface area contributed by atoms with Gasteiger partial charge in [-0.05, 0) is 38.1 Å². The van der Waals surface area contributed by atoms with Gasteiger partial charge in [-0.2, -0.15) is 0 Å². The number of amides is 2. The molecule has 0 radical (unpaired) electrons. The summed E-state index contributed by atoms with van der Waals surface area (Å²) in [5.74, 6) is 0.708. The minimum Gasteiger partial charge on any atom is -0.338 e. The van der Waals surface area contributed by atoms with Gasteiger partial charge in [-0.1, -0.05) is 6.42 Å². The molecule has 1 aliphatic carbocycles. The summed E-state index contributed by atoms with van der Waals surface area (Å²) in [6, 6.07) is 1.13. The lowest BCUT2D eigenvalue weighted by molar-refractivity contribution is 0.0915. The van der Waals surface area contributed by atoms with Crippen molar-refractivity contribution in [3.05, 3.63) is 0 Å². The molecule has 3 fully saturated rings. The van der Waals surface area contributed by atoms with E-state index < -0.39 is 0 Å². The molecule has 0 spiro atoms. The molecule has 0 aromatic rings. The number of piperidine rings is 1. The van der Waals surface area contributed by atoms with Crippen molar-refractivity contribution in [2.45, 2.75) is 44.2 Å². The average molecular weight is 223 g/mol. The first kappa shape index (κ1) is 10.4. The van der Waals surface area contributed by atoms with Crippen LogP contribution in [0.5, 0.6) is 0 Å². The van der Waals surface area contributed by atoms with E-state index in [1.807, 2.05) is 0 Å². The maximum atomic E-state index is 12.0. The van der Waals surface area contributed by atoms with Crippen molar-refractivity contribution in [2.75, 3.05) is 19.6 Å². The third-order valence-corrected chi connectivity index (χ3v) is 4.39. The van der Waals surface area contributed by atoms with Crippen molar-refractivity contribution in [2.24, 2.45) is 5.92 Å². The first-order chi connectivity index (χ1) is 7.86. The summed E-state index contributed by atoms with van der Waals surface area (Å²) in [6.45, 7) is 3.00. The Kier molecular flexibility index (Phi) is 2.75. The second-order valence-electron chi connectivity index (χ2n) is 5.35. The van der Waals surface area contributed by atoms with Gasteiger partial charge in [-0.15, -0.1) is 0 Å². The van der Waals surface area contributed by atoms with E-state index in [4.69, 9.17) is 0 Å². The molecule has 3 rings (SSSR count). The first-order valence-electron chi connectivity index (χ1n) is 6.63. The lowest BCUT2D eigenvalue weighted by Crippen LogP contribution is -2.61. The van der Waals surface area contributed by atoms with Crippen LogP contribution in [0, 0.1) is 5.92 Å². The maximum absolute atomic E-state index is 12.0. The molecule has 16 heavy (non-hydrogen) atoms. The number of nitrogens with one attached hydrogen (secondary N) is 2. The fourth-order valence-corrected chi connectivity index (χ4v) is 3.59. The summed E-state index contributed by atoms with van der Waals surface area (Å²) in [5, 5.41) is 6.47. The normalized spacial score (nSPS) is 39.4. The summed E-state index contributed by atoms with van der Waals surface area (Å²) < 4.78 is 0. The standard InChI is InChI=1S/C12H21N3O/c16-12-14-7-9-3-1-5-11(9)15(12)10-4-2-6-13-8-10/h9-11,13H,1-8H2,(H,14,16). The number of urea groups is 1. The van der Waals surface area contributed by atoms with Crippen LogP contribution in [0.25, 0.3) is 0 Å². The van der Waals surface area contributed by atoms with E-state index in [1.165, 1.54) is 32.1 Å². The zero-order valence-electron chi connectivity index (χ0n) is 9.74. The largest absolute Gasteiger partial charge is 0.338 e. The third kappa shape index (κ3) is 1.69. The van der Waals surface area contributed by atoms with Gasteiger partial charge in [0.25, 0.3) is 0 Å². The summed E-state index contributed by atoms with van der Waals surface area (Å²) in [6.07, 6.45) is 6.17. The maximum Gasteiger partial charge on any atom is 0.317 e. The van der Waals surface area contributed by atoms with Crippen molar-refractivity contribution in [3.8, 4) is 0 Å². The van der Waals surface area contributed by atoms with Crippen LogP contribution < -0.4 is 10.6 Å². The first-order valence-corrected chi connectivity index (χ1v) is 6.63. The zero-order chi connectivity index (χ0) is 11.0. The fraction of sp³-hybridized carbons (Fsp3) is 0.917. The summed E-state index contributed by atoms with van der Waals surface area (Å²) in [4.78, 5) is 14.2. The summed E-state index contributed by atoms with van der Waals surface area (Å²) >= 11 is 0. The van der Waals surface area contributed by atoms with Crippen molar-refractivity contribution in [1.29, 1.82) is 0 Å². The molecule has 90 valence electrons. The van der Waals surface area contributed by atoms with Crippen molar-refractivity contribution in [3.63, 3.8) is 0 Å². The lowest BCUT2D eigenvalue weighted by atomic mass is 9.96. The molecule has 2 saturated heterocycles. The predicted octanol–water partition coefficient (Wildman–Crippen LogP) is 0.932. The Labute approximate surface area is 96.8 Å². The van der Waals surface area contributed by atoms with Gasteiger partial charge in [-0.25, -0.2) is 4.79 Å². The highest BCUT2D eigenvalue weighted by molar-refractivity contribution is 5.76. The molecular formula is C12H21N3O. The van der Waals surface area contributed by atoms with Gasteiger partial charge < -0.3 is 15.5 Å². The van der Waals surface area contributed by atoms with Crippen molar-refractivity contribution < 1.29 is 4.79 Å². The topological polar surface area (TPSA) is 44.4 Å². The highest BCUT2D eigenvalue weighted by Crippen LogP contribution is 2.34. The fourth-order valence-electron chi connectivity index (χ4n) is 3.59. The van der Waals surface area contributed by atoms with E-state index in [0.29, 0.717) is 18.0 Å². The van der Waals surface area contributed by atoms with Crippen LogP contribution in [0.2, 0.25) is 0 Å². The van der Waals surface area contributed by atoms with Gasteiger partial charge in [0.2, 0.25) is 0 Å². The minimum atomic E-state index is 0.178. The lowest BCUT2D eigenvalue weighted by Gasteiger charge is -2.44. The van der Waals surface area contributed by atoms with E-state index in [1.54, 1.807) is 0 Å². The van der Waals surface area contributed by atoms with Gasteiger partial charge in [0, 0.05) is 25.2 Å². The van der Waals surface area contributed by atoms with E-state index in [-0.39, 0.29) is 6.03 Å². The number of hydrogen-bond donors (Lipinski definition) is 2. The molecule has 4 nitrogen and oxygen atoms in total. The number of fused-ring (bicyclic) bond motifs is 1. The molecule has 2 heterocycles. The molecule has 0 bridgehead atoms. The van der Waals surface area contributed by atoms with Gasteiger partial charge >= 0.3 is 6.03 Å². The summed E-state index contributed by atoms with van der Waals surface area (Å²) in [5.41, 5.74) is 0. The number of carbonyl (C=O) groups excluding carboxylic acids is 1. The third-order valence-electron chi connectivity index (χ3n) is 4.39. The van der Waals surface area contributed by atoms with Crippen molar-refractivity contribution >= 4 is 6.03 Å². The van der Waals surface area contributed by atoms with Crippen LogP contribution >= 0.6 is 0 Å². The number of carbonyl (C=O) groups is 1. The van der Waals surface area contributed by atoms with Crippen LogP contribution in [-0.4, -0.2) is 42.6 Å². The smallest absolute Gasteiger partial charge is 0.317 e. The van der Waals surface area contributed by atoms with Gasteiger partial charge in [0.15, 0.2) is 0 Å². The van der Waals surface area contributed by atoms with Crippen LogP contribution in [0.3, 0.4) is 0 Å². The van der Waals surface area contributed by atoms with Gasteiger partial charge in [0.05, 0.1) is 0 Å². The minimum absolute atomic E-state index is 0.178. The average Bonchev–Trinajstić information content (AvgIpc) is 2.78. The molecule has 2 amide bonds. The zero-order valence-corrected chi connectivity index (χ0v) is 9.74. The Balaban J connectivity index is 1.76. The number of nitrogens with zero attached hydrogens (tertiary/aromatic N) is 1. The summed E-state index contributed by atoms with van der Waals surface area (Å²) in [7, 11) is 0. The molecule has 2 aliphatic heterocycles. The van der Waals surface area contributed by atoms with Crippen LogP contribution in [-0.2, 0) is 0 Å². The second kappa shape index (κ2) is 4.24. The Bertz CT molecular complexity index is 275. The SMILES string of the molecule is O=C1NCC2CCCC2N1C1CCCNC1. The van der Waals surface area contributed by atoms with E-state index in [9.17, 15) is 4.79 Å². The Morgan fingerprint density at radius 3 is 2.88 bits per heavy atom. The predicted molar refractivity (Wildman–Crippen MR) is 62.3 cm³/mol. The Hall–Kier alpha value is -0.770. The van der Waals surface area contributed by atoms with Gasteiger partial charge in [-0.3, -0.25) is 0 Å². The molecule has 1 saturated carbocycles.